The Morgan fingerprint density at radius 2 is 0.850 bits per heavy atom. The largest absolute Gasteiger partial charge is 0.395 e. The number of rotatable bonds is 12. The maximum absolute atomic E-state index is 13.3. The molecule has 40 heavy (non-hydrogen) atoms. The monoisotopic (exact) mass is 546 g/mol. The van der Waals surface area contributed by atoms with Crippen molar-refractivity contribution in [3.05, 3.63) is 95.1 Å². The summed E-state index contributed by atoms with van der Waals surface area (Å²) in [4.78, 5) is 53.8. The molecule has 4 N–H and O–H groups in total. The SMILES string of the molecule is CCN(C(=O)c1ccc(C(=O)N(CC)c2ccc(C(=O)NCCO)cc2)cc1)c1ccc(C(=O)NCCO)cc1. The highest BCUT2D eigenvalue weighted by Crippen LogP contribution is 2.21. The quantitative estimate of drug-likeness (QED) is 0.275. The minimum Gasteiger partial charge on any atom is -0.395 e. The third-order valence-electron chi connectivity index (χ3n) is 6.18. The maximum atomic E-state index is 13.3. The summed E-state index contributed by atoms with van der Waals surface area (Å²) < 4.78 is 0. The van der Waals surface area contributed by atoms with E-state index >= 15 is 0 Å². The van der Waals surface area contributed by atoms with Crippen LogP contribution in [0.2, 0.25) is 0 Å². The van der Waals surface area contributed by atoms with Crippen LogP contribution in [0.3, 0.4) is 0 Å². The molecule has 0 aliphatic rings. The molecule has 3 rings (SSSR count). The van der Waals surface area contributed by atoms with Crippen LogP contribution < -0.4 is 20.4 Å². The summed E-state index contributed by atoms with van der Waals surface area (Å²) in [5.41, 5.74) is 2.90. The van der Waals surface area contributed by atoms with Crippen LogP contribution in [-0.4, -0.2) is 73.2 Å². The van der Waals surface area contributed by atoms with Crippen LogP contribution in [0.1, 0.15) is 55.3 Å². The minimum atomic E-state index is -0.309. The number of nitrogens with one attached hydrogen (secondary N) is 2. The molecule has 0 atom stereocenters. The van der Waals surface area contributed by atoms with Crippen LogP contribution in [0.15, 0.2) is 72.8 Å². The molecule has 0 radical (unpaired) electrons. The number of aliphatic hydroxyl groups excluding tert-OH is 2. The number of carbonyl (C=O) groups excluding carboxylic acids is 4. The van der Waals surface area contributed by atoms with E-state index in [0.717, 1.165) is 0 Å². The second-order valence-corrected chi connectivity index (χ2v) is 8.73. The van der Waals surface area contributed by atoms with Crippen LogP contribution in [0.5, 0.6) is 0 Å². The van der Waals surface area contributed by atoms with Gasteiger partial charge in [0.05, 0.1) is 13.2 Å². The van der Waals surface area contributed by atoms with E-state index in [4.69, 9.17) is 10.2 Å². The maximum Gasteiger partial charge on any atom is 0.258 e. The van der Waals surface area contributed by atoms with Crippen molar-refractivity contribution in [3.63, 3.8) is 0 Å². The van der Waals surface area contributed by atoms with Crippen molar-refractivity contribution >= 4 is 35.0 Å². The molecule has 0 aliphatic heterocycles. The van der Waals surface area contributed by atoms with Gasteiger partial charge in [0, 0.05) is 59.8 Å². The lowest BCUT2D eigenvalue weighted by molar-refractivity contribution is 0.0937. The number of nitrogens with zero attached hydrogens (tertiary/aromatic N) is 2. The molecule has 0 saturated carbocycles. The molecule has 0 saturated heterocycles. The number of aliphatic hydroxyl groups is 2. The highest BCUT2D eigenvalue weighted by molar-refractivity contribution is 6.09. The number of hydrogen-bond acceptors (Lipinski definition) is 6. The van der Waals surface area contributed by atoms with Crippen molar-refractivity contribution in [1.29, 1.82) is 0 Å². The Morgan fingerprint density at radius 3 is 1.12 bits per heavy atom. The summed E-state index contributed by atoms with van der Waals surface area (Å²) in [6, 6.07) is 19.7. The average Bonchev–Trinajstić information content (AvgIpc) is 3.00. The Labute approximate surface area is 233 Å². The van der Waals surface area contributed by atoms with E-state index in [1.807, 2.05) is 13.8 Å². The molecular formula is C30H34N4O6. The first-order valence-corrected chi connectivity index (χ1v) is 13.1. The van der Waals surface area contributed by atoms with Gasteiger partial charge in [-0.15, -0.1) is 0 Å². The van der Waals surface area contributed by atoms with Crippen molar-refractivity contribution in [2.45, 2.75) is 13.8 Å². The van der Waals surface area contributed by atoms with Crippen molar-refractivity contribution in [2.24, 2.45) is 0 Å². The Morgan fingerprint density at radius 1 is 0.550 bits per heavy atom. The molecule has 0 spiro atoms. The molecule has 10 heteroatoms. The van der Waals surface area contributed by atoms with Crippen LogP contribution >= 0.6 is 0 Å². The van der Waals surface area contributed by atoms with Gasteiger partial charge in [0.15, 0.2) is 0 Å². The first-order chi connectivity index (χ1) is 19.3. The van der Waals surface area contributed by atoms with E-state index in [1.54, 1.807) is 82.6 Å². The van der Waals surface area contributed by atoms with Crippen LogP contribution in [-0.2, 0) is 0 Å². The second-order valence-electron chi connectivity index (χ2n) is 8.73. The number of anilines is 2. The molecule has 0 aliphatic carbocycles. The van der Waals surface area contributed by atoms with Gasteiger partial charge in [0.2, 0.25) is 0 Å². The van der Waals surface area contributed by atoms with Gasteiger partial charge >= 0.3 is 0 Å². The molecule has 10 nitrogen and oxygen atoms in total. The third kappa shape index (κ3) is 7.31. The fourth-order valence-corrected chi connectivity index (χ4v) is 4.08. The summed E-state index contributed by atoms with van der Waals surface area (Å²) in [6.07, 6.45) is 0. The number of benzene rings is 3. The van der Waals surface area contributed by atoms with Gasteiger partial charge in [-0.1, -0.05) is 0 Å². The van der Waals surface area contributed by atoms with Gasteiger partial charge in [-0.25, -0.2) is 0 Å². The zero-order valence-electron chi connectivity index (χ0n) is 22.6. The first kappa shape index (κ1) is 30.0. The van der Waals surface area contributed by atoms with Crippen molar-refractivity contribution < 1.29 is 29.4 Å². The molecule has 0 heterocycles. The van der Waals surface area contributed by atoms with E-state index in [0.29, 0.717) is 46.7 Å². The minimum absolute atomic E-state index is 0.150. The van der Waals surface area contributed by atoms with Crippen molar-refractivity contribution in [2.75, 3.05) is 49.2 Å². The highest BCUT2D eigenvalue weighted by Gasteiger charge is 2.20. The van der Waals surface area contributed by atoms with Gasteiger partial charge in [-0.05, 0) is 86.6 Å². The molecule has 0 unspecified atom stereocenters. The zero-order chi connectivity index (χ0) is 29.1. The molecule has 0 bridgehead atoms. The molecular weight excluding hydrogens is 512 g/mol. The first-order valence-electron chi connectivity index (χ1n) is 13.1. The van der Waals surface area contributed by atoms with E-state index < -0.39 is 0 Å². The van der Waals surface area contributed by atoms with Crippen molar-refractivity contribution in [1.82, 2.24) is 10.6 Å². The standard InChI is InChI=1S/C30H34N4O6/c1-3-33(25-13-9-21(10-14-25)27(37)31-17-19-35)29(39)23-5-7-24(8-6-23)30(40)34(4-2)26-15-11-22(12-16-26)28(38)32-18-20-36/h5-16,35-36H,3-4,17-20H2,1-2H3,(H,31,37)(H,32,38). The summed E-state index contributed by atoms with van der Waals surface area (Å²) in [5, 5.41) is 22.9. The summed E-state index contributed by atoms with van der Waals surface area (Å²) in [5.74, 6) is -1.12. The smallest absolute Gasteiger partial charge is 0.258 e. The van der Waals surface area contributed by atoms with Crippen LogP contribution in [0, 0.1) is 0 Å². The highest BCUT2D eigenvalue weighted by atomic mass is 16.3. The fraction of sp³-hybridized carbons (Fsp3) is 0.267. The zero-order valence-corrected chi connectivity index (χ0v) is 22.6. The molecule has 3 aromatic carbocycles. The molecule has 4 amide bonds. The topological polar surface area (TPSA) is 139 Å². The number of carbonyl (C=O) groups is 4. The lowest BCUT2D eigenvalue weighted by Gasteiger charge is -2.23. The number of hydrogen-bond donors (Lipinski definition) is 4. The van der Waals surface area contributed by atoms with Gasteiger partial charge in [-0.2, -0.15) is 0 Å². The van der Waals surface area contributed by atoms with E-state index in [-0.39, 0.29) is 49.9 Å². The lowest BCUT2D eigenvalue weighted by atomic mass is 10.1. The lowest BCUT2D eigenvalue weighted by Crippen LogP contribution is -2.32. The third-order valence-corrected chi connectivity index (χ3v) is 6.18. The predicted octanol–water partition coefficient (Wildman–Crippen LogP) is 2.46. The Bertz CT molecular complexity index is 1210. The summed E-state index contributed by atoms with van der Waals surface area (Å²) in [6.45, 7) is 4.50. The second kappa shape index (κ2) is 14.6. The van der Waals surface area contributed by atoms with E-state index in [9.17, 15) is 19.2 Å². The summed E-state index contributed by atoms with van der Waals surface area (Å²) in [7, 11) is 0. The predicted molar refractivity (Wildman–Crippen MR) is 153 cm³/mol. The van der Waals surface area contributed by atoms with Gasteiger partial charge in [-0.3, -0.25) is 19.2 Å². The Hall–Kier alpha value is -4.54. The molecule has 3 aromatic rings. The molecule has 0 aromatic heterocycles. The average molecular weight is 547 g/mol. The van der Waals surface area contributed by atoms with Gasteiger partial charge in [0.25, 0.3) is 23.6 Å². The van der Waals surface area contributed by atoms with E-state index in [2.05, 4.69) is 10.6 Å². The van der Waals surface area contributed by atoms with E-state index in [1.165, 1.54) is 0 Å². The van der Waals surface area contributed by atoms with Gasteiger partial charge in [0.1, 0.15) is 0 Å². The molecule has 210 valence electrons. The Kier molecular flexibility index (Phi) is 10.9. The number of amides is 4. The summed E-state index contributed by atoms with van der Waals surface area (Å²) >= 11 is 0. The van der Waals surface area contributed by atoms with Crippen molar-refractivity contribution in [3.8, 4) is 0 Å². The fourth-order valence-electron chi connectivity index (χ4n) is 4.08. The Balaban J connectivity index is 1.71. The normalized spacial score (nSPS) is 10.5. The van der Waals surface area contributed by atoms with Crippen LogP contribution in [0.25, 0.3) is 0 Å². The van der Waals surface area contributed by atoms with Gasteiger partial charge < -0.3 is 30.6 Å². The molecule has 0 fully saturated rings. The van der Waals surface area contributed by atoms with Crippen LogP contribution in [0.4, 0.5) is 11.4 Å².